The zero-order valence-electron chi connectivity index (χ0n) is 8.34. The molecule has 70 valence electrons. The molecule has 0 aromatic heterocycles. The van der Waals surface area contributed by atoms with Crippen molar-refractivity contribution in [2.45, 2.75) is 26.4 Å². The summed E-state index contributed by atoms with van der Waals surface area (Å²) in [7, 11) is 0. The number of fused-ring (bicyclic) bond motifs is 4. The predicted octanol–water partition coefficient (Wildman–Crippen LogP) is 2.75. The summed E-state index contributed by atoms with van der Waals surface area (Å²) >= 11 is 0. The second-order valence-corrected chi connectivity index (χ2v) is 5.07. The van der Waals surface area contributed by atoms with Crippen molar-refractivity contribution in [2.24, 2.45) is 23.2 Å². The summed E-state index contributed by atoms with van der Waals surface area (Å²) in [4.78, 5) is 0. The zero-order chi connectivity index (χ0) is 9.38. The van der Waals surface area contributed by atoms with Crippen LogP contribution in [-0.4, -0.2) is 6.10 Å². The van der Waals surface area contributed by atoms with Crippen molar-refractivity contribution in [3.8, 4) is 0 Å². The highest BCUT2D eigenvalue weighted by atomic mass is 16.5. The molecular weight excluding hydrogens is 160 g/mol. The van der Waals surface area contributed by atoms with E-state index in [0.29, 0.717) is 17.9 Å². The molecule has 0 aromatic rings. The Labute approximate surface area is 79.5 Å². The van der Waals surface area contributed by atoms with Crippen LogP contribution in [0.15, 0.2) is 24.5 Å². The summed E-state index contributed by atoms with van der Waals surface area (Å²) in [6, 6.07) is 0. The first kappa shape index (κ1) is 7.66. The molecule has 1 saturated heterocycles. The van der Waals surface area contributed by atoms with Crippen LogP contribution in [0, 0.1) is 23.2 Å². The van der Waals surface area contributed by atoms with Gasteiger partial charge in [-0.3, -0.25) is 0 Å². The molecule has 2 aliphatic carbocycles. The van der Waals surface area contributed by atoms with Crippen LogP contribution in [-0.2, 0) is 4.74 Å². The fourth-order valence-corrected chi connectivity index (χ4v) is 3.52. The Hall–Kier alpha value is -0.720. The lowest BCUT2D eigenvalue weighted by Crippen LogP contribution is -2.31. The van der Waals surface area contributed by atoms with Crippen LogP contribution in [0.3, 0.4) is 0 Å². The van der Waals surface area contributed by atoms with Gasteiger partial charge in [-0.1, -0.05) is 32.6 Å². The van der Waals surface area contributed by atoms with Gasteiger partial charge in [-0.25, -0.2) is 0 Å². The number of allylic oxidation sites excluding steroid dienone is 1. The van der Waals surface area contributed by atoms with Crippen molar-refractivity contribution in [3.63, 3.8) is 0 Å². The first-order chi connectivity index (χ1) is 6.06. The van der Waals surface area contributed by atoms with E-state index in [1.165, 1.54) is 12.0 Å². The second-order valence-electron chi connectivity index (χ2n) is 5.07. The lowest BCUT2D eigenvalue weighted by molar-refractivity contribution is 0.0599. The Kier molecular flexibility index (Phi) is 1.10. The molecule has 0 amide bonds. The molecule has 3 rings (SSSR count). The van der Waals surface area contributed by atoms with Crippen molar-refractivity contribution in [2.75, 3.05) is 0 Å². The van der Waals surface area contributed by atoms with Gasteiger partial charge in [0.2, 0.25) is 0 Å². The first-order valence-electron chi connectivity index (χ1n) is 5.11. The molecule has 1 heteroatoms. The highest BCUT2D eigenvalue weighted by Gasteiger charge is 2.68. The van der Waals surface area contributed by atoms with Crippen LogP contribution in [0.2, 0.25) is 0 Å². The van der Waals surface area contributed by atoms with Crippen LogP contribution >= 0.6 is 0 Å². The summed E-state index contributed by atoms with van der Waals surface area (Å²) in [5.41, 5.74) is 1.70. The van der Waals surface area contributed by atoms with Crippen molar-refractivity contribution in [1.29, 1.82) is 0 Å². The van der Waals surface area contributed by atoms with Gasteiger partial charge in [-0.15, -0.1) is 0 Å². The fraction of sp³-hybridized carbons (Fsp3) is 0.667. The van der Waals surface area contributed by atoms with E-state index in [1.807, 2.05) is 0 Å². The predicted molar refractivity (Wildman–Crippen MR) is 52.0 cm³/mol. The number of hydrogen-bond acceptors (Lipinski definition) is 1. The van der Waals surface area contributed by atoms with Gasteiger partial charge >= 0.3 is 0 Å². The number of rotatable bonds is 0. The molecule has 0 radical (unpaired) electrons. The monoisotopic (exact) mass is 176 g/mol. The lowest BCUT2D eigenvalue weighted by atomic mass is 9.75. The third kappa shape index (κ3) is 0.630. The highest BCUT2D eigenvalue weighted by molar-refractivity contribution is 5.41. The van der Waals surface area contributed by atoms with Crippen LogP contribution in [0.25, 0.3) is 0 Å². The molecule has 13 heavy (non-hydrogen) atoms. The Morgan fingerprint density at radius 3 is 2.85 bits per heavy atom. The molecule has 5 atom stereocenters. The van der Waals surface area contributed by atoms with Crippen molar-refractivity contribution >= 4 is 0 Å². The van der Waals surface area contributed by atoms with Gasteiger partial charge in [0.15, 0.2) is 0 Å². The average molecular weight is 176 g/mol. The number of ether oxygens (including phenoxy) is 1. The van der Waals surface area contributed by atoms with Crippen LogP contribution in [0.1, 0.15) is 20.3 Å². The molecule has 0 N–H and O–H groups in total. The molecule has 2 bridgehead atoms. The molecule has 3 fully saturated rings. The van der Waals surface area contributed by atoms with E-state index in [1.54, 1.807) is 0 Å². The average Bonchev–Trinajstić information content (AvgIpc) is 2.52. The van der Waals surface area contributed by atoms with Gasteiger partial charge in [0, 0.05) is 17.3 Å². The van der Waals surface area contributed by atoms with Gasteiger partial charge in [0.25, 0.3) is 0 Å². The maximum absolute atomic E-state index is 5.87. The van der Waals surface area contributed by atoms with E-state index in [2.05, 4.69) is 27.0 Å². The van der Waals surface area contributed by atoms with Crippen LogP contribution in [0.5, 0.6) is 0 Å². The fourth-order valence-electron chi connectivity index (χ4n) is 3.52. The van der Waals surface area contributed by atoms with Gasteiger partial charge < -0.3 is 4.74 Å². The van der Waals surface area contributed by atoms with E-state index < -0.39 is 0 Å². The molecule has 1 heterocycles. The Morgan fingerprint density at radius 2 is 2.15 bits per heavy atom. The molecule has 0 aromatic carbocycles. The van der Waals surface area contributed by atoms with Crippen LogP contribution < -0.4 is 0 Å². The van der Waals surface area contributed by atoms with E-state index in [0.717, 1.165) is 11.7 Å². The topological polar surface area (TPSA) is 9.23 Å². The first-order valence-corrected chi connectivity index (χ1v) is 5.11. The minimum atomic E-state index is 0.287. The normalized spacial score (nSPS) is 57.4. The summed E-state index contributed by atoms with van der Waals surface area (Å²) in [6.07, 6.45) is 1.60. The van der Waals surface area contributed by atoms with Crippen LogP contribution in [0.4, 0.5) is 0 Å². The Balaban J connectivity index is 2.05. The van der Waals surface area contributed by atoms with Gasteiger partial charge in [0.1, 0.15) is 6.10 Å². The molecule has 1 nitrogen and oxygen atoms in total. The molecule has 3 unspecified atom stereocenters. The summed E-state index contributed by atoms with van der Waals surface area (Å²) in [5.74, 6) is 2.99. The van der Waals surface area contributed by atoms with Gasteiger partial charge in [0.05, 0.1) is 5.76 Å². The third-order valence-corrected chi connectivity index (χ3v) is 4.64. The van der Waals surface area contributed by atoms with E-state index in [-0.39, 0.29) is 5.41 Å². The smallest absolute Gasteiger partial charge is 0.111 e. The van der Waals surface area contributed by atoms with E-state index in [4.69, 9.17) is 4.74 Å². The maximum atomic E-state index is 5.87. The largest absolute Gasteiger partial charge is 0.494 e. The zero-order valence-corrected chi connectivity index (χ0v) is 8.34. The van der Waals surface area contributed by atoms with E-state index >= 15 is 0 Å². The standard InChI is InChI=1S/C12H16O/c1-6-9-5-10-7(2)12(10,4)11(6)13-8(9)3/h6,9-11H,2-3,5H2,1,4H3/t6?,9-,10?,11-,12?/m1/s1. The molecule has 0 spiro atoms. The summed E-state index contributed by atoms with van der Waals surface area (Å²) in [6.45, 7) is 12.8. The quantitative estimate of drug-likeness (QED) is 0.516. The molecule has 1 aliphatic heterocycles. The summed E-state index contributed by atoms with van der Waals surface area (Å²) in [5, 5.41) is 0. The highest BCUT2D eigenvalue weighted by Crippen LogP contribution is 2.71. The second kappa shape index (κ2) is 1.87. The van der Waals surface area contributed by atoms with Crippen molar-refractivity contribution in [3.05, 3.63) is 24.5 Å². The minimum absolute atomic E-state index is 0.287. The van der Waals surface area contributed by atoms with Crippen molar-refractivity contribution < 1.29 is 4.74 Å². The Morgan fingerprint density at radius 1 is 1.46 bits per heavy atom. The third-order valence-electron chi connectivity index (χ3n) is 4.64. The lowest BCUT2D eigenvalue weighted by Gasteiger charge is -2.28. The molecular formula is C12H16O. The molecule has 3 aliphatic rings. The summed E-state index contributed by atoms with van der Waals surface area (Å²) < 4.78 is 5.87. The van der Waals surface area contributed by atoms with Crippen molar-refractivity contribution in [1.82, 2.24) is 0 Å². The van der Waals surface area contributed by atoms with Gasteiger partial charge in [-0.05, 0) is 12.3 Å². The Bertz CT molecular complexity index is 315. The SMILES string of the molecule is C=C1O[C@@H]2C(C)[C@H]1CC1C(=C)C12C. The maximum Gasteiger partial charge on any atom is 0.111 e. The minimum Gasteiger partial charge on any atom is -0.494 e. The van der Waals surface area contributed by atoms with E-state index in [9.17, 15) is 0 Å². The molecule has 2 saturated carbocycles. The number of hydrogen-bond donors (Lipinski definition) is 0. The van der Waals surface area contributed by atoms with Gasteiger partial charge in [-0.2, -0.15) is 0 Å².